The van der Waals surface area contributed by atoms with Crippen LogP contribution in [0.3, 0.4) is 0 Å². The Morgan fingerprint density at radius 3 is 2.14 bits per heavy atom. The summed E-state index contributed by atoms with van der Waals surface area (Å²) in [6, 6.07) is 16.2. The van der Waals surface area contributed by atoms with Crippen LogP contribution in [-0.2, 0) is 19.3 Å². The van der Waals surface area contributed by atoms with Crippen LogP contribution in [0.15, 0.2) is 42.5 Å². The molecule has 2 aromatic carbocycles. The number of benzene rings is 2. The summed E-state index contributed by atoms with van der Waals surface area (Å²) in [4.78, 5) is 0. The van der Waals surface area contributed by atoms with E-state index in [-0.39, 0.29) is 0 Å². The average Bonchev–Trinajstić information content (AvgIpc) is 2.53. The van der Waals surface area contributed by atoms with Gasteiger partial charge in [-0.3, -0.25) is 0 Å². The highest BCUT2D eigenvalue weighted by Gasteiger charge is 2.12. The molecule has 1 unspecified atom stereocenters. The third-order valence-corrected chi connectivity index (χ3v) is 4.30. The van der Waals surface area contributed by atoms with Crippen molar-refractivity contribution in [2.75, 3.05) is 7.05 Å². The topological polar surface area (TPSA) is 12.0 Å². The van der Waals surface area contributed by atoms with E-state index in [0.29, 0.717) is 6.04 Å². The van der Waals surface area contributed by atoms with Gasteiger partial charge in [-0.2, -0.15) is 0 Å². The molecule has 0 heterocycles. The zero-order valence-electron chi connectivity index (χ0n) is 13.7. The molecule has 0 aliphatic carbocycles. The Kier molecular flexibility index (Phi) is 5.58. The third kappa shape index (κ3) is 3.95. The van der Waals surface area contributed by atoms with E-state index in [1.807, 2.05) is 0 Å². The minimum absolute atomic E-state index is 0.379. The summed E-state index contributed by atoms with van der Waals surface area (Å²) in [5.74, 6) is 0. The van der Waals surface area contributed by atoms with E-state index < -0.39 is 0 Å². The lowest BCUT2D eigenvalue weighted by molar-refractivity contribution is 0.591. The first kappa shape index (κ1) is 15.8. The van der Waals surface area contributed by atoms with Crippen molar-refractivity contribution in [3.63, 3.8) is 0 Å². The Balaban J connectivity index is 2.22. The van der Waals surface area contributed by atoms with Crippen LogP contribution in [0.5, 0.6) is 0 Å². The molecule has 0 bridgehead atoms. The molecule has 0 aliphatic heterocycles. The number of likely N-dealkylation sites (N-methyl/N-ethyl adjacent to an activating group) is 1. The van der Waals surface area contributed by atoms with E-state index in [2.05, 4.69) is 75.6 Å². The molecule has 2 aromatic rings. The van der Waals surface area contributed by atoms with Crippen LogP contribution in [0, 0.1) is 6.92 Å². The van der Waals surface area contributed by atoms with Crippen molar-refractivity contribution in [3.05, 3.63) is 70.3 Å². The fourth-order valence-electron chi connectivity index (χ4n) is 2.88. The largest absolute Gasteiger partial charge is 0.313 e. The van der Waals surface area contributed by atoms with Gasteiger partial charge >= 0.3 is 0 Å². The Hall–Kier alpha value is -1.60. The van der Waals surface area contributed by atoms with Crippen LogP contribution in [0.2, 0.25) is 0 Å². The molecule has 0 spiro atoms. The second-order valence-corrected chi connectivity index (χ2v) is 5.77. The fourth-order valence-corrected chi connectivity index (χ4v) is 2.88. The summed E-state index contributed by atoms with van der Waals surface area (Å²) in [7, 11) is 2.05. The fraction of sp³-hybridized carbons (Fsp3) is 0.400. The lowest BCUT2D eigenvalue weighted by Crippen LogP contribution is -2.19. The molecule has 112 valence electrons. The summed E-state index contributed by atoms with van der Waals surface area (Å²) in [6.45, 7) is 6.61. The zero-order chi connectivity index (χ0) is 15.2. The molecule has 0 fully saturated rings. The van der Waals surface area contributed by atoms with E-state index in [9.17, 15) is 0 Å². The van der Waals surface area contributed by atoms with Crippen molar-refractivity contribution < 1.29 is 0 Å². The van der Waals surface area contributed by atoms with Gasteiger partial charge in [-0.1, -0.05) is 61.9 Å². The van der Waals surface area contributed by atoms with Crippen LogP contribution in [0.25, 0.3) is 0 Å². The van der Waals surface area contributed by atoms with Crippen molar-refractivity contribution in [1.82, 2.24) is 5.32 Å². The molecule has 0 aliphatic rings. The van der Waals surface area contributed by atoms with Gasteiger partial charge in [-0.25, -0.2) is 0 Å². The quantitative estimate of drug-likeness (QED) is 0.814. The maximum absolute atomic E-state index is 3.47. The molecule has 0 radical (unpaired) electrons. The minimum atomic E-state index is 0.379. The normalized spacial score (nSPS) is 12.4. The van der Waals surface area contributed by atoms with Crippen molar-refractivity contribution in [2.24, 2.45) is 0 Å². The van der Waals surface area contributed by atoms with Gasteiger partial charge in [0.05, 0.1) is 0 Å². The van der Waals surface area contributed by atoms with Gasteiger partial charge < -0.3 is 5.32 Å². The highest BCUT2D eigenvalue weighted by atomic mass is 14.9. The molecule has 1 nitrogen and oxygen atoms in total. The Morgan fingerprint density at radius 2 is 1.57 bits per heavy atom. The summed E-state index contributed by atoms with van der Waals surface area (Å²) in [5.41, 5.74) is 7.07. The van der Waals surface area contributed by atoms with Crippen LogP contribution in [0.4, 0.5) is 0 Å². The van der Waals surface area contributed by atoms with Crippen molar-refractivity contribution in [3.8, 4) is 0 Å². The van der Waals surface area contributed by atoms with E-state index in [0.717, 1.165) is 19.3 Å². The molecule has 1 heteroatoms. The zero-order valence-corrected chi connectivity index (χ0v) is 13.7. The molecule has 0 aromatic heterocycles. The first-order valence-electron chi connectivity index (χ1n) is 8.02. The van der Waals surface area contributed by atoms with Crippen molar-refractivity contribution >= 4 is 0 Å². The molecule has 1 atom stereocenters. The van der Waals surface area contributed by atoms with E-state index in [4.69, 9.17) is 0 Å². The van der Waals surface area contributed by atoms with Crippen LogP contribution >= 0.6 is 0 Å². The van der Waals surface area contributed by atoms with Crippen LogP contribution in [-0.4, -0.2) is 7.05 Å². The van der Waals surface area contributed by atoms with Gasteiger partial charge in [-0.05, 0) is 55.5 Å². The van der Waals surface area contributed by atoms with Gasteiger partial charge in [-0.15, -0.1) is 0 Å². The maximum atomic E-state index is 3.47. The molecule has 1 N–H and O–H groups in total. The highest BCUT2D eigenvalue weighted by Crippen LogP contribution is 2.22. The summed E-state index contributed by atoms with van der Waals surface area (Å²) in [6.07, 6.45) is 3.26. The van der Waals surface area contributed by atoms with Gasteiger partial charge in [0.1, 0.15) is 0 Å². The molecule has 2 rings (SSSR count). The van der Waals surface area contributed by atoms with Crippen molar-refractivity contribution in [1.29, 1.82) is 0 Å². The monoisotopic (exact) mass is 281 g/mol. The smallest absolute Gasteiger partial charge is 0.0358 e. The molecule has 21 heavy (non-hydrogen) atoms. The van der Waals surface area contributed by atoms with Crippen LogP contribution in [0.1, 0.15) is 47.7 Å². The number of nitrogens with one attached hydrogen (secondary N) is 1. The Labute approximate surface area is 129 Å². The lowest BCUT2D eigenvalue weighted by atomic mass is 9.93. The number of hydrogen-bond acceptors (Lipinski definition) is 1. The first-order chi connectivity index (χ1) is 10.2. The molecular formula is C20H27N. The van der Waals surface area contributed by atoms with E-state index >= 15 is 0 Å². The summed E-state index contributed by atoms with van der Waals surface area (Å²) < 4.78 is 0. The van der Waals surface area contributed by atoms with Gasteiger partial charge in [0.15, 0.2) is 0 Å². The second kappa shape index (κ2) is 7.42. The first-order valence-corrected chi connectivity index (χ1v) is 8.02. The Bertz CT molecular complexity index is 569. The van der Waals surface area contributed by atoms with Gasteiger partial charge in [0.25, 0.3) is 0 Å². The predicted octanol–water partition coefficient (Wildman–Crippen LogP) is 4.62. The standard InChI is InChI=1S/C20H27N/c1-5-17-11-12-19(14-18(17)6-2)20(21-4)13-16-9-7-15(3)8-10-16/h7-12,14,20-21H,5-6,13H2,1-4H3. The predicted molar refractivity (Wildman–Crippen MR) is 91.9 cm³/mol. The molecule has 0 amide bonds. The minimum Gasteiger partial charge on any atom is -0.313 e. The average molecular weight is 281 g/mol. The van der Waals surface area contributed by atoms with Crippen LogP contribution < -0.4 is 5.32 Å². The number of aryl methyl sites for hydroxylation is 3. The molecule has 0 saturated carbocycles. The SMILES string of the molecule is CCc1ccc(C(Cc2ccc(C)cc2)NC)cc1CC. The lowest BCUT2D eigenvalue weighted by Gasteiger charge is -2.19. The third-order valence-electron chi connectivity index (χ3n) is 4.30. The van der Waals surface area contributed by atoms with E-state index in [1.54, 1.807) is 0 Å². The summed E-state index contributed by atoms with van der Waals surface area (Å²) in [5, 5.41) is 3.47. The second-order valence-electron chi connectivity index (χ2n) is 5.77. The summed E-state index contributed by atoms with van der Waals surface area (Å²) >= 11 is 0. The van der Waals surface area contributed by atoms with E-state index in [1.165, 1.54) is 27.8 Å². The highest BCUT2D eigenvalue weighted by molar-refractivity contribution is 5.35. The number of hydrogen-bond donors (Lipinski definition) is 1. The molecule has 0 saturated heterocycles. The van der Waals surface area contributed by atoms with Gasteiger partial charge in [0, 0.05) is 6.04 Å². The molecular weight excluding hydrogens is 254 g/mol. The maximum Gasteiger partial charge on any atom is 0.0358 e. The Morgan fingerprint density at radius 1 is 0.905 bits per heavy atom. The van der Waals surface area contributed by atoms with Gasteiger partial charge in [0.2, 0.25) is 0 Å². The number of rotatable bonds is 6. The van der Waals surface area contributed by atoms with Crippen molar-refractivity contribution in [2.45, 2.75) is 46.1 Å².